The van der Waals surface area contributed by atoms with E-state index in [1.54, 1.807) is 0 Å². The molecule has 3 rings (SSSR count). The maximum absolute atomic E-state index is 12.6. The van der Waals surface area contributed by atoms with Crippen LogP contribution in [0, 0.1) is 0 Å². The van der Waals surface area contributed by atoms with Gasteiger partial charge in [-0.2, -0.15) is 0 Å². The van der Waals surface area contributed by atoms with Gasteiger partial charge in [-0.15, -0.1) is 0 Å². The van der Waals surface area contributed by atoms with Crippen molar-refractivity contribution in [3.8, 4) is 0 Å². The number of fused-ring (bicyclic) bond motifs is 1. The molecule has 1 atom stereocenters. The first-order valence-corrected chi connectivity index (χ1v) is 10.4. The Kier molecular flexibility index (Phi) is 5.66. The molecule has 150 valence electrons. The van der Waals surface area contributed by atoms with E-state index in [1.807, 2.05) is 0 Å². The van der Waals surface area contributed by atoms with Gasteiger partial charge in [-0.05, 0) is 30.5 Å². The molecule has 0 spiro atoms. The number of amides is 2. The van der Waals surface area contributed by atoms with Crippen LogP contribution in [0.5, 0.6) is 0 Å². The third-order valence-electron chi connectivity index (χ3n) is 4.52. The third-order valence-corrected chi connectivity index (χ3v) is 5.28. The number of hydrogen-bond donors (Lipinski definition) is 4. The minimum absolute atomic E-state index is 0.0927. The second-order valence-corrected chi connectivity index (χ2v) is 8.21. The monoisotopic (exact) mass is 409 g/mol. The van der Waals surface area contributed by atoms with Crippen molar-refractivity contribution in [1.29, 1.82) is 0 Å². The van der Waals surface area contributed by atoms with Gasteiger partial charge in [0.15, 0.2) is 0 Å². The second kappa shape index (κ2) is 7.84. The maximum Gasteiger partial charge on any atom is 0.336 e. The van der Waals surface area contributed by atoms with E-state index < -0.39 is 25.4 Å². The highest BCUT2D eigenvalue weighted by molar-refractivity contribution is 7.50. The molecule has 10 nitrogen and oxygen atoms in total. The van der Waals surface area contributed by atoms with Crippen LogP contribution in [0.3, 0.4) is 0 Å². The maximum atomic E-state index is 12.6. The predicted octanol–water partition coefficient (Wildman–Crippen LogP) is 0.359. The first-order valence-electron chi connectivity index (χ1n) is 8.60. The number of benzene rings is 1. The quantitative estimate of drug-likeness (QED) is 0.406. The minimum Gasteiger partial charge on any atom is -0.423 e. The average molecular weight is 409 g/mol. The summed E-state index contributed by atoms with van der Waals surface area (Å²) in [5, 5.41) is 3.05. The summed E-state index contributed by atoms with van der Waals surface area (Å²) in [5.74, 6) is -0.684. The van der Waals surface area contributed by atoms with Crippen molar-refractivity contribution in [1.82, 2.24) is 4.90 Å². The highest BCUT2D eigenvalue weighted by atomic mass is 31.2. The number of likely N-dealkylation sites (tertiary alicyclic amines) is 1. The predicted molar refractivity (Wildman–Crippen MR) is 101 cm³/mol. The molecule has 2 aromatic rings. The van der Waals surface area contributed by atoms with E-state index in [2.05, 4.69) is 5.32 Å². The van der Waals surface area contributed by atoms with Gasteiger partial charge >= 0.3 is 13.2 Å². The van der Waals surface area contributed by atoms with Gasteiger partial charge in [0.2, 0.25) is 11.8 Å². The summed E-state index contributed by atoms with van der Waals surface area (Å²) in [6, 6.07) is 4.86. The lowest BCUT2D eigenvalue weighted by Gasteiger charge is -2.23. The highest BCUT2D eigenvalue weighted by Gasteiger charge is 2.33. The van der Waals surface area contributed by atoms with Crippen molar-refractivity contribution in [3.63, 3.8) is 0 Å². The van der Waals surface area contributed by atoms with Crippen LogP contribution in [0.25, 0.3) is 11.0 Å². The molecule has 1 fully saturated rings. The number of nitrogens with zero attached hydrogens (tertiary/aromatic N) is 1. The molecular weight excluding hydrogens is 389 g/mol. The molecule has 5 N–H and O–H groups in total. The van der Waals surface area contributed by atoms with E-state index in [0.717, 1.165) is 6.07 Å². The number of carbonyl (C=O) groups excluding carboxylic acids is 2. The van der Waals surface area contributed by atoms with Gasteiger partial charge in [0.05, 0.1) is 12.7 Å². The lowest BCUT2D eigenvalue weighted by Crippen LogP contribution is -2.45. The van der Waals surface area contributed by atoms with E-state index >= 15 is 0 Å². The molecule has 1 aliphatic heterocycles. The van der Waals surface area contributed by atoms with Crippen LogP contribution < -0.4 is 16.7 Å². The molecule has 0 bridgehead atoms. The number of carbonyl (C=O) groups is 2. The van der Waals surface area contributed by atoms with Crippen LogP contribution in [-0.2, 0) is 20.3 Å². The zero-order valence-corrected chi connectivity index (χ0v) is 15.7. The smallest absolute Gasteiger partial charge is 0.336 e. The molecule has 0 saturated carbocycles. The fourth-order valence-corrected chi connectivity index (χ4v) is 4.05. The summed E-state index contributed by atoms with van der Waals surface area (Å²) < 4.78 is 16.4. The molecule has 1 unspecified atom stereocenters. The molecule has 11 heteroatoms. The van der Waals surface area contributed by atoms with Gasteiger partial charge < -0.3 is 30.2 Å². The van der Waals surface area contributed by atoms with Gasteiger partial charge in [0.25, 0.3) is 0 Å². The first kappa shape index (κ1) is 20.2. The van der Waals surface area contributed by atoms with E-state index in [0.29, 0.717) is 30.5 Å². The number of hydrogen-bond acceptors (Lipinski definition) is 6. The topological polar surface area (TPSA) is 163 Å². The standard InChI is InChI=1S/C17H20N3O7P/c18-8-15(21)20-5-1-2-13(20)17(23)19-11-3-4-12-10(9-28(24,25)26)6-16(22)27-14(12)7-11/h3-4,6-7,13H,1-2,5,8-9,18H2,(H,19,23)(H2,24,25,26). The summed E-state index contributed by atoms with van der Waals surface area (Å²) in [7, 11) is -4.38. The molecule has 2 amide bonds. The molecule has 28 heavy (non-hydrogen) atoms. The van der Waals surface area contributed by atoms with Crippen LogP contribution in [0.1, 0.15) is 18.4 Å². The van der Waals surface area contributed by atoms with Gasteiger partial charge in [0.1, 0.15) is 11.6 Å². The lowest BCUT2D eigenvalue weighted by atomic mass is 10.1. The molecule has 1 aromatic carbocycles. The Labute approximate surface area is 159 Å². The summed E-state index contributed by atoms with van der Waals surface area (Å²) >= 11 is 0. The molecule has 2 heterocycles. The number of anilines is 1. The van der Waals surface area contributed by atoms with E-state index in [-0.39, 0.29) is 29.5 Å². The van der Waals surface area contributed by atoms with E-state index in [4.69, 9.17) is 10.2 Å². The number of rotatable bonds is 5. The van der Waals surface area contributed by atoms with E-state index in [9.17, 15) is 28.7 Å². The Morgan fingerprint density at radius 3 is 2.75 bits per heavy atom. The van der Waals surface area contributed by atoms with Crippen molar-refractivity contribution in [2.75, 3.05) is 18.4 Å². The van der Waals surface area contributed by atoms with Crippen LogP contribution in [0.4, 0.5) is 5.69 Å². The Morgan fingerprint density at radius 2 is 2.07 bits per heavy atom. The van der Waals surface area contributed by atoms with Gasteiger partial charge in [-0.25, -0.2) is 4.79 Å². The van der Waals surface area contributed by atoms with Crippen LogP contribution in [0.15, 0.2) is 33.5 Å². The highest BCUT2D eigenvalue weighted by Crippen LogP contribution is 2.40. The van der Waals surface area contributed by atoms with Gasteiger partial charge in [-0.1, -0.05) is 0 Å². The number of nitrogens with one attached hydrogen (secondary N) is 1. The third kappa shape index (κ3) is 4.48. The average Bonchev–Trinajstić information content (AvgIpc) is 3.09. The Hall–Kier alpha value is -2.52. The lowest BCUT2D eigenvalue weighted by molar-refractivity contribution is -0.135. The minimum atomic E-state index is -4.38. The Bertz CT molecular complexity index is 1030. The molecule has 1 saturated heterocycles. The molecule has 0 radical (unpaired) electrons. The first-order chi connectivity index (χ1) is 13.2. The summed E-state index contributed by atoms with van der Waals surface area (Å²) in [4.78, 5) is 55.9. The summed E-state index contributed by atoms with van der Waals surface area (Å²) in [6.07, 6.45) is 0.619. The molecular formula is C17H20N3O7P. The fraction of sp³-hybridized carbons (Fsp3) is 0.353. The van der Waals surface area contributed by atoms with Crippen LogP contribution >= 0.6 is 7.60 Å². The van der Waals surface area contributed by atoms with Crippen molar-refractivity contribution in [3.05, 3.63) is 40.2 Å². The fourth-order valence-electron chi connectivity index (χ4n) is 3.34. The summed E-state index contributed by atoms with van der Waals surface area (Å²) in [6.45, 7) is 0.291. The van der Waals surface area contributed by atoms with Crippen molar-refractivity contribution in [2.24, 2.45) is 5.73 Å². The van der Waals surface area contributed by atoms with Crippen molar-refractivity contribution < 1.29 is 28.4 Å². The normalized spacial score (nSPS) is 17.1. The Morgan fingerprint density at radius 1 is 1.32 bits per heavy atom. The zero-order chi connectivity index (χ0) is 20.5. The second-order valence-electron chi connectivity index (χ2n) is 6.56. The molecule has 0 aliphatic carbocycles. The largest absolute Gasteiger partial charge is 0.423 e. The number of nitrogens with two attached hydrogens (primary N) is 1. The van der Waals surface area contributed by atoms with Crippen molar-refractivity contribution >= 4 is 36.1 Å². The molecule has 1 aliphatic rings. The zero-order valence-electron chi connectivity index (χ0n) is 14.8. The SMILES string of the molecule is NCC(=O)N1CCCC1C(=O)Nc1ccc2c(CP(=O)(O)O)cc(=O)oc2c1. The summed E-state index contributed by atoms with van der Waals surface area (Å²) in [5.41, 5.74) is 5.21. The Balaban J connectivity index is 1.86. The molecule has 1 aromatic heterocycles. The van der Waals surface area contributed by atoms with Crippen molar-refractivity contribution in [2.45, 2.75) is 25.0 Å². The van der Waals surface area contributed by atoms with Gasteiger partial charge in [-0.3, -0.25) is 14.2 Å². The van der Waals surface area contributed by atoms with Gasteiger partial charge in [0, 0.05) is 29.8 Å². The van der Waals surface area contributed by atoms with E-state index in [1.165, 1.54) is 23.1 Å². The van der Waals surface area contributed by atoms with Crippen LogP contribution in [-0.4, -0.2) is 45.6 Å². The van der Waals surface area contributed by atoms with Crippen LogP contribution in [0.2, 0.25) is 0 Å².